The number of nitrogens with one attached hydrogen (secondary N) is 1. The number of rotatable bonds is 5. The van der Waals surface area contributed by atoms with Gasteiger partial charge in [-0.3, -0.25) is 0 Å². The number of aryl methyl sites for hydroxylation is 4. The molecule has 2 aromatic rings. The zero-order valence-corrected chi connectivity index (χ0v) is 12.7. The SMILES string of the molecule is C=CCCc1ccc(Nc2c(C)cc(C)cc2C)cc1. The molecule has 104 valence electrons. The average molecular weight is 265 g/mol. The number of anilines is 2. The molecule has 0 aliphatic carbocycles. The maximum absolute atomic E-state index is 3.76. The fourth-order valence-corrected chi connectivity index (χ4v) is 2.55. The van der Waals surface area contributed by atoms with Gasteiger partial charge in [0.25, 0.3) is 0 Å². The first-order valence-electron chi connectivity index (χ1n) is 7.15. The van der Waals surface area contributed by atoms with Crippen molar-refractivity contribution in [1.82, 2.24) is 0 Å². The van der Waals surface area contributed by atoms with E-state index in [-0.39, 0.29) is 0 Å². The molecule has 1 nitrogen and oxygen atoms in total. The summed E-state index contributed by atoms with van der Waals surface area (Å²) in [4.78, 5) is 0. The van der Waals surface area contributed by atoms with Gasteiger partial charge in [-0.2, -0.15) is 0 Å². The van der Waals surface area contributed by atoms with Gasteiger partial charge in [0.1, 0.15) is 0 Å². The Bertz CT molecular complexity index is 571. The second-order valence-corrected chi connectivity index (χ2v) is 5.42. The van der Waals surface area contributed by atoms with E-state index in [1.807, 2.05) is 6.08 Å². The van der Waals surface area contributed by atoms with E-state index < -0.39 is 0 Å². The predicted octanol–water partition coefficient (Wildman–Crippen LogP) is 5.47. The Morgan fingerprint density at radius 3 is 2.15 bits per heavy atom. The number of benzene rings is 2. The van der Waals surface area contributed by atoms with Gasteiger partial charge in [-0.1, -0.05) is 35.9 Å². The van der Waals surface area contributed by atoms with Gasteiger partial charge in [0.15, 0.2) is 0 Å². The minimum absolute atomic E-state index is 1.03. The third-order valence-corrected chi connectivity index (χ3v) is 3.54. The summed E-state index contributed by atoms with van der Waals surface area (Å²) in [6, 6.07) is 13.1. The van der Waals surface area contributed by atoms with Crippen LogP contribution in [0.1, 0.15) is 28.7 Å². The van der Waals surface area contributed by atoms with Crippen LogP contribution >= 0.6 is 0 Å². The molecular weight excluding hydrogens is 242 g/mol. The monoisotopic (exact) mass is 265 g/mol. The first-order chi connectivity index (χ1) is 9.60. The molecular formula is C19H23N. The summed E-state index contributed by atoms with van der Waals surface area (Å²) in [7, 11) is 0. The number of hydrogen-bond acceptors (Lipinski definition) is 1. The van der Waals surface area contributed by atoms with Gasteiger partial charge in [0.05, 0.1) is 0 Å². The fourth-order valence-electron chi connectivity index (χ4n) is 2.55. The van der Waals surface area contributed by atoms with Gasteiger partial charge >= 0.3 is 0 Å². The topological polar surface area (TPSA) is 12.0 Å². The van der Waals surface area contributed by atoms with Gasteiger partial charge in [-0.25, -0.2) is 0 Å². The third-order valence-electron chi connectivity index (χ3n) is 3.54. The van der Waals surface area contributed by atoms with E-state index in [2.05, 4.69) is 69.1 Å². The molecule has 0 bridgehead atoms. The maximum atomic E-state index is 3.76. The zero-order chi connectivity index (χ0) is 14.5. The summed E-state index contributed by atoms with van der Waals surface area (Å²) in [5, 5.41) is 3.53. The molecule has 0 aliphatic rings. The molecule has 20 heavy (non-hydrogen) atoms. The van der Waals surface area contributed by atoms with E-state index in [0.717, 1.165) is 18.5 Å². The molecule has 0 aromatic heterocycles. The Balaban J connectivity index is 2.16. The maximum Gasteiger partial charge on any atom is 0.0443 e. The van der Waals surface area contributed by atoms with Gasteiger partial charge in [0.2, 0.25) is 0 Å². The van der Waals surface area contributed by atoms with Gasteiger partial charge < -0.3 is 5.32 Å². The number of allylic oxidation sites excluding steroid dienone is 1. The van der Waals surface area contributed by atoms with Crippen LogP contribution in [0.15, 0.2) is 49.1 Å². The van der Waals surface area contributed by atoms with Crippen LogP contribution in [0.2, 0.25) is 0 Å². The van der Waals surface area contributed by atoms with Crippen molar-refractivity contribution in [3.63, 3.8) is 0 Å². The highest BCUT2D eigenvalue weighted by Crippen LogP contribution is 2.26. The lowest BCUT2D eigenvalue weighted by molar-refractivity contribution is 1.00. The molecule has 0 aliphatic heterocycles. The largest absolute Gasteiger partial charge is 0.355 e. The first-order valence-corrected chi connectivity index (χ1v) is 7.15. The molecule has 0 amide bonds. The quantitative estimate of drug-likeness (QED) is 0.706. The van der Waals surface area contributed by atoms with E-state index in [4.69, 9.17) is 0 Å². The standard InChI is InChI=1S/C19H23N/c1-5-6-7-17-8-10-18(11-9-17)20-19-15(3)12-14(2)13-16(19)4/h5,8-13,20H,1,6-7H2,2-4H3. The molecule has 0 atom stereocenters. The van der Waals surface area contributed by atoms with Crippen molar-refractivity contribution in [3.05, 3.63) is 71.3 Å². The molecule has 2 rings (SSSR count). The molecule has 0 heterocycles. The van der Waals surface area contributed by atoms with Gasteiger partial charge in [-0.15, -0.1) is 6.58 Å². The Labute approximate surface area is 122 Å². The Morgan fingerprint density at radius 2 is 1.60 bits per heavy atom. The summed E-state index contributed by atoms with van der Waals surface area (Å²) < 4.78 is 0. The van der Waals surface area contributed by atoms with Crippen LogP contribution in [0.25, 0.3) is 0 Å². The normalized spacial score (nSPS) is 10.3. The Kier molecular flexibility index (Phi) is 4.62. The molecule has 0 spiro atoms. The second-order valence-electron chi connectivity index (χ2n) is 5.42. The zero-order valence-electron chi connectivity index (χ0n) is 12.7. The van der Waals surface area contributed by atoms with E-state index in [9.17, 15) is 0 Å². The lowest BCUT2D eigenvalue weighted by Crippen LogP contribution is -1.97. The summed E-state index contributed by atoms with van der Waals surface area (Å²) in [6.07, 6.45) is 4.06. The summed E-state index contributed by atoms with van der Waals surface area (Å²) in [5.41, 5.74) is 7.60. The Morgan fingerprint density at radius 1 is 1.00 bits per heavy atom. The van der Waals surface area contributed by atoms with Crippen LogP contribution in [0, 0.1) is 20.8 Å². The van der Waals surface area contributed by atoms with Crippen LogP contribution in [0.3, 0.4) is 0 Å². The van der Waals surface area contributed by atoms with E-state index in [0.29, 0.717) is 0 Å². The van der Waals surface area contributed by atoms with E-state index in [1.54, 1.807) is 0 Å². The third kappa shape index (κ3) is 3.51. The van der Waals surface area contributed by atoms with Crippen molar-refractivity contribution in [2.75, 3.05) is 5.32 Å². The van der Waals surface area contributed by atoms with Crippen LogP contribution in [-0.2, 0) is 6.42 Å². The molecule has 0 unspecified atom stereocenters. The molecule has 1 heteroatoms. The average Bonchev–Trinajstić information content (AvgIpc) is 2.42. The van der Waals surface area contributed by atoms with Crippen molar-refractivity contribution < 1.29 is 0 Å². The van der Waals surface area contributed by atoms with Gasteiger partial charge in [-0.05, 0) is 62.4 Å². The molecule has 2 aromatic carbocycles. The van der Waals surface area contributed by atoms with Crippen molar-refractivity contribution in [1.29, 1.82) is 0 Å². The lowest BCUT2D eigenvalue weighted by Gasteiger charge is -2.14. The van der Waals surface area contributed by atoms with Crippen molar-refractivity contribution in [2.24, 2.45) is 0 Å². The van der Waals surface area contributed by atoms with Crippen molar-refractivity contribution >= 4 is 11.4 Å². The van der Waals surface area contributed by atoms with Crippen LogP contribution in [0.4, 0.5) is 11.4 Å². The minimum Gasteiger partial charge on any atom is -0.355 e. The highest BCUT2D eigenvalue weighted by atomic mass is 14.9. The molecule has 0 radical (unpaired) electrons. The van der Waals surface area contributed by atoms with Crippen molar-refractivity contribution in [2.45, 2.75) is 33.6 Å². The van der Waals surface area contributed by atoms with Crippen molar-refractivity contribution in [3.8, 4) is 0 Å². The highest BCUT2D eigenvalue weighted by molar-refractivity contribution is 5.67. The van der Waals surface area contributed by atoms with Crippen LogP contribution in [0.5, 0.6) is 0 Å². The fraction of sp³-hybridized carbons (Fsp3) is 0.263. The summed E-state index contributed by atoms with van der Waals surface area (Å²) in [6.45, 7) is 10.2. The number of hydrogen-bond donors (Lipinski definition) is 1. The van der Waals surface area contributed by atoms with Crippen LogP contribution < -0.4 is 5.32 Å². The molecule has 1 N–H and O–H groups in total. The predicted molar refractivity (Wildman–Crippen MR) is 88.9 cm³/mol. The molecule has 0 saturated carbocycles. The summed E-state index contributed by atoms with van der Waals surface area (Å²) >= 11 is 0. The van der Waals surface area contributed by atoms with Crippen LogP contribution in [-0.4, -0.2) is 0 Å². The van der Waals surface area contributed by atoms with Gasteiger partial charge in [0, 0.05) is 11.4 Å². The molecule has 0 fully saturated rings. The lowest BCUT2D eigenvalue weighted by atomic mass is 10.0. The smallest absolute Gasteiger partial charge is 0.0443 e. The second kappa shape index (κ2) is 6.42. The highest BCUT2D eigenvalue weighted by Gasteiger charge is 2.04. The van der Waals surface area contributed by atoms with E-state index in [1.165, 1.54) is 27.9 Å². The molecule has 0 saturated heterocycles. The Hall–Kier alpha value is -2.02. The minimum atomic E-state index is 1.03. The summed E-state index contributed by atoms with van der Waals surface area (Å²) in [5.74, 6) is 0. The first kappa shape index (κ1) is 14.4. The van der Waals surface area contributed by atoms with E-state index >= 15 is 0 Å².